The summed E-state index contributed by atoms with van der Waals surface area (Å²) in [5.74, 6) is -0.0363. The zero-order chi connectivity index (χ0) is 8.97. The molecule has 66 valence electrons. The van der Waals surface area contributed by atoms with Gasteiger partial charge < -0.3 is 9.64 Å². The van der Waals surface area contributed by atoms with E-state index in [1.165, 1.54) is 13.0 Å². The number of amides is 1. The predicted molar refractivity (Wildman–Crippen MR) is 42.4 cm³/mol. The molecule has 4 nitrogen and oxygen atoms in total. The van der Waals surface area contributed by atoms with Crippen LogP contribution in [-0.2, 0) is 14.3 Å². The van der Waals surface area contributed by atoms with Gasteiger partial charge in [-0.25, -0.2) is 0 Å². The van der Waals surface area contributed by atoms with Crippen molar-refractivity contribution < 1.29 is 14.3 Å². The SMILES string of the molecule is CC(=O)/C=C/CN1COCC1=O. The lowest BCUT2D eigenvalue weighted by Crippen LogP contribution is -2.25. The Morgan fingerprint density at radius 2 is 2.50 bits per heavy atom. The van der Waals surface area contributed by atoms with Crippen LogP contribution >= 0.6 is 0 Å². The Bertz CT molecular complexity index is 222. The van der Waals surface area contributed by atoms with Gasteiger partial charge in [0.05, 0.1) is 0 Å². The molecule has 0 atom stereocenters. The zero-order valence-corrected chi connectivity index (χ0v) is 6.95. The molecule has 0 radical (unpaired) electrons. The average Bonchev–Trinajstić information content (AvgIpc) is 2.36. The van der Waals surface area contributed by atoms with E-state index in [1.54, 1.807) is 11.0 Å². The molecule has 4 heteroatoms. The quantitative estimate of drug-likeness (QED) is 0.556. The summed E-state index contributed by atoms with van der Waals surface area (Å²) >= 11 is 0. The lowest BCUT2D eigenvalue weighted by atomic mass is 10.4. The molecule has 12 heavy (non-hydrogen) atoms. The number of allylic oxidation sites excluding steroid dienone is 1. The first-order valence-electron chi connectivity index (χ1n) is 3.73. The van der Waals surface area contributed by atoms with Gasteiger partial charge >= 0.3 is 0 Å². The predicted octanol–water partition coefficient (Wildman–Crippen LogP) is -0.0521. The Kier molecular flexibility index (Phi) is 2.99. The number of ketones is 1. The normalized spacial score (nSPS) is 17.8. The fraction of sp³-hybridized carbons (Fsp3) is 0.500. The third-order valence-electron chi connectivity index (χ3n) is 1.50. The van der Waals surface area contributed by atoms with Crippen LogP contribution in [0.1, 0.15) is 6.92 Å². The van der Waals surface area contributed by atoms with Gasteiger partial charge in [-0.2, -0.15) is 0 Å². The van der Waals surface area contributed by atoms with E-state index < -0.39 is 0 Å². The van der Waals surface area contributed by atoms with Crippen LogP contribution in [0.5, 0.6) is 0 Å². The van der Waals surface area contributed by atoms with Crippen LogP contribution < -0.4 is 0 Å². The maximum absolute atomic E-state index is 10.9. The number of carbonyl (C=O) groups excluding carboxylic acids is 2. The highest BCUT2D eigenvalue weighted by molar-refractivity contribution is 5.87. The minimum absolute atomic E-state index is 0.0115. The number of hydrogen-bond acceptors (Lipinski definition) is 3. The summed E-state index contributed by atoms with van der Waals surface area (Å²) < 4.78 is 4.88. The highest BCUT2D eigenvalue weighted by atomic mass is 16.5. The van der Waals surface area contributed by atoms with Crippen molar-refractivity contribution in [2.45, 2.75) is 6.92 Å². The molecule has 1 aliphatic heterocycles. The molecule has 1 aliphatic rings. The molecular weight excluding hydrogens is 158 g/mol. The summed E-state index contributed by atoms with van der Waals surface area (Å²) in [7, 11) is 0. The molecule has 0 aliphatic carbocycles. The van der Waals surface area contributed by atoms with E-state index in [1.807, 2.05) is 0 Å². The van der Waals surface area contributed by atoms with Crippen molar-refractivity contribution in [2.75, 3.05) is 19.9 Å². The smallest absolute Gasteiger partial charge is 0.250 e. The summed E-state index contributed by atoms with van der Waals surface area (Å²) in [5.41, 5.74) is 0. The number of rotatable bonds is 3. The highest BCUT2D eigenvalue weighted by Crippen LogP contribution is 2.00. The molecule has 0 unspecified atom stereocenters. The van der Waals surface area contributed by atoms with Gasteiger partial charge in [-0.05, 0) is 13.0 Å². The monoisotopic (exact) mass is 169 g/mol. The minimum atomic E-state index is -0.0248. The van der Waals surface area contributed by atoms with Gasteiger partial charge in [-0.15, -0.1) is 0 Å². The molecule has 0 aromatic carbocycles. The average molecular weight is 169 g/mol. The van der Waals surface area contributed by atoms with Crippen LogP contribution in [-0.4, -0.2) is 36.5 Å². The Labute approximate surface area is 70.8 Å². The van der Waals surface area contributed by atoms with E-state index in [9.17, 15) is 9.59 Å². The maximum Gasteiger partial charge on any atom is 0.250 e. The van der Waals surface area contributed by atoms with Crippen molar-refractivity contribution in [3.05, 3.63) is 12.2 Å². The molecule has 0 aromatic heterocycles. The van der Waals surface area contributed by atoms with E-state index in [2.05, 4.69) is 0 Å². The Hall–Kier alpha value is -1.16. The molecule has 1 heterocycles. The molecular formula is C8H11NO3. The molecule has 0 N–H and O–H groups in total. The first-order valence-corrected chi connectivity index (χ1v) is 3.73. The second-order valence-electron chi connectivity index (χ2n) is 2.61. The first-order chi connectivity index (χ1) is 5.70. The molecule has 0 saturated carbocycles. The van der Waals surface area contributed by atoms with Gasteiger partial charge in [-0.1, -0.05) is 6.08 Å². The van der Waals surface area contributed by atoms with Crippen molar-refractivity contribution in [1.29, 1.82) is 0 Å². The lowest BCUT2D eigenvalue weighted by Gasteiger charge is -2.08. The summed E-state index contributed by atoms with van der Waals surface area (Å²) in [5, 5.41) is 0. The Morgan fingerprint density at radius 1 is 1.75 bits per heavy atom. The number of hydrogen-bond donors (Lipinski definition) is 0. The maximum atomic E-state index is 10.9. The van der Waals surface area contributed by atoms with Crippen molar-refractivity contribution in [3.63, 3.8) is 0 Å². The van der Waals surface area contributed by atoms with Gasteiger partial charge in [0.15, 0.2) is 5.78 Å². The largest absolute Gasteiger partial charge is 0.351 e. The topological polar surface area (TPSA) is 46.6 Å². The molecule has 1 rings (SSSR count). The lowest BCUT2D eigenvalue weighted by molar-refractivity contribution is -0.126. The van der Waals surface area contributed by atoms with Crippen LogP contribution in [0.4, 0.5) is 0 Å². The van der Waals surface area contributed by atoms with Crippen LogP contribution in [0.2, 0.25) is 0 Å². The summed E-state index contributed by atoms with van der Waals surface area (Å²) in [6.07, 6.45) is 3.11. The third-order valence-corrected chi connectivity index (χ3v) is 1.50. The standard InChI is InChI=1S/C8H11NO3/c1-7(10)3-2-4-9-6-12-5-8(9)11/h2-3H,4-6H2,1H3/b3-2+. The molecule has 0 aromatic rings. The minimum Gasteiger partial charge on any atom is -0.351 e. The van der Waals surface area contributed by atoms with Crippen molar-refractivity contribution in [1.82, 2.24) is 4.90 Å². The summed E-state index contributed by atoms with van der Waals surface area (Å²) in [6, 6.07) is 0. The molecule has 1 amide bonds. The Balaban J connectivity index is 2.31. The van der Waals surface area contributed by atoms with Gasteiger partial charge in [0.2, 0.25) is 0 Å². The summed E-state index contributed by atoms with van der Waals surface area (Å²) in [6.45, 7) is 2.42. The van der Waals surface area contributed by atoms with Crippen LogP contribution in [0.3, 0.4) is 0 Å². The third kappa shape index (κ3) is 2.47. The first kappa shape index (κ1) is 8.93. The zero-order valence-electron chi connectivity index (χ0n) is 6.95. The van der Waals surface area contributed by atoms with E-state index in [0.717, 1.165) is 0 Å². The van der Waals surface area contributed by atoms with Gasteiger partial charge in [-0.3, -0.25) is 9.59 Å². The fourth-order valence-corrected chi connectivity index (χ4v) is 0.907. The number of nitrogens with zero attached hydrogens (tertiary/aromatic N) is 1. The molecule has 0 bridgehead atoms. The van der Waals surface area contributed by atoms with Gasteiger partial charge in [0.1, 0.15) is 13.3 Å². The Morgan fingerprint density at radius 3 is 3.00 bits per heavy atom. The number of ether oxygens (including phenoxy) is 1. The molecule has 1 saturated heterocycles. The fourth-order valence-electron chi connectivity index (χ4n) is 0.907. The highest BCUT2D eigenvalue weighted by Gasteiger charge is 2.18. The second-order valence-corrected chi connectivity index (χ2v) is 2.61. The molecule has 1 fully saturated rings. The van der Waals surface area contributed by atoms with Crippen LogP contribution in [0, 0.1) is 0 Å². The van der Waals surface area contributed by atoms with E-state index >= 15 is 0 Å². The van der Waals surface area contributed by atoms with Crippen molar-refractivity contribution in [3.8, 4) is 0 Å². The second kappa shape index (κ2) is 4.01. The van der Waals surface area contributed by atoms with Crippen molar-refractivity contribution in [2.24, 2.45) is 0 Å². The number of carbonyl (C=O) groups is 2. The van der Waals surface area contributed by atoms with Gasteiger partial charge in [0.25, 0.3) is 5.91 Å². The van der Waals surface area contributed by atoms with E-state index in [4.69, 9.17) is 4.74 Å². The van der Waals surface area contributed by atoms with Crippen LogP contribution in [0.15, 0.2) is 12.2 Å². The summed E-state index contributed by atoms with van der Waals surface area (Å²) in [4.78, 5) is 23.0. The van der Waals surface area contributed by atoms with Crippen LogP contribution in [0.25, 0.3) is 0 Å². The van der Waals surface area contributed by atoms with E-state index in [-0.39, 0.29) is 18.3 Å². The van der Waals surface area contributed by atoms with E-state index in [0.29, 0.717) is 13.3 Å². The van der Waals surface area contributed by atoms with Gasteiger partial charge in [0, 0.05) is 6.54 Å². The van der Waals surface area contributed by atoms with Crippen molar-refractivity contribution >= 4 is 11.7 Å². The molecule has 0 spiro atoms.